The van der Waals surface area contributed by atoms with Crippen molar-refractivity contribution in [1.29, 1.82) is 0 Å². The molecule has 1 amide bonds. The molecule has 5 rings (SSSR count). The van der Waals surface area contributed by atoms with Gasteiger partial charge in [-0.2, -0.15) is 0 Å². The molecule has 6 nitrogen and oxygen atoms in total. The highest BCUT2D eigenvalue weighted by atomic mass is 16.3. The topological polar surface area (TPSA) is 93.6 Å². The molecular formula is C34H35N3O3. The molecule has 5 aromatic rings. The summed E-state index contributed by atoms with van der Waals surface area (Å²) in [5, 5.41) is 34.7. The first-order chi connectivity index (χ1) is 19.5. The monoisotopic (exact) mass is 533 g/mol. The lowest BCUT2D eigenvalue weighted by molar-refractivity contribution is 0.0935. The lowest BCUT2D eigenvalue weighted by atomic mass is 9.97. The average molecular weight is 534 g/mol. The lowest BCUT2D eigenvalue weighted by Crippen LogP contribution is -2.48. The zero-order valence-electron chi connectivity index (χ0n) is 22.6. The van der Waals surface area contributed by atoms with Crippen LogP contribution in [0.1, 0.15) is 21.5 Å². The summed E-state index contributed by atoms with van der Waals surface area (Å²) < 4.78 is 0. The molecule has 5 aromatic carbocycles. The molecule has 0 fully saturated rings. The van der Waals surface area contributed by atoms with Gasteiger partial charge in [-0.15, -0.1) is 0 Å². The van der Waals surface area contributed by atoms with Crippen LogP contribution in [0, 0.1) is 0 Å². The van der Waals surface area contributed by atoms with Gasteiger partial charge in [0.05, 0.1) is 0 Å². The zero-order chi connectivity index (χ0) is 27.9. The fraction of sp³-hybridized carbons (Fsp3) is 0.206. The minimum Gasteiger partial charge on any atom is -0.508 e. The van der Waals surface area contributed by atoms with Crippen LogP contribution in [0.25, 0.3) is 21.5 Å². The normalized spacial score (nSPS) is 12.8. The largest absolute Gasteiger partial charge is 0.508 e. The van der Waals surface area contributed by atoms with Crippen molar-refractivity contribution in [2.24, 2.45) is 0 Å². The number of likely N-dealkylation sites (N-methyl/N-ethyl adjacent to an activating group) is 1. The third-order valence-electron chi connectivity index (χ3n) is 7.25. The van der Waals surface area contributed by atoms with E-state index >= 15 is 0 Å². The van der Waals surface area contributed by atoms with Crippen molar-refractivity contribution in [3.63, 3.8) is 0 Å². The summed E-state index contributed by atoms with van der Waals surface area (Å²) in [5.74, 6) is -0.658. The minimum absolute atomic E-state index is 0.142. The van der Waals surface area contributed by atoms with Gasteiger partial charge in [0.25, 0.3) is 5.91 Å². The first kappa shape index (κ1) is 27.2. The maximum Gasteiger partial charge on any atom is 0.251 e. The van der Waals surface area contributed by atoms with E-state index in [0.717, 1.165) is 29.3 Å². The summed E-state index contributed by atoms with van der Waals surface area (Å²) in [5.41, 5.74) is 2.60. The molecule has 2 atom stereocenters. The number of fused-ring (bicyclic) bond motifs is 2. The summed E-state index contributed by atoms with van der Waals surface area (Å²) in [6.45, 7) is 1.31. The molecule has 0 aliphatic carbocycles. The Bertz CT molecular complexity index is 1590. The van der Waals surface area contributed by atoms with Gasteiger partial charge in [0, 0.05) is 36.8 Å². The highest BCUT2D eigenvalue weighted by Crippen LogP contribution is 2.22. The van der Waals surface area contributed by atoms with E-state index < -0.39 is 0 Å². The summed E-state index contributed by atoms with van der Waals surface area (Å²) in [4.78, 5) is 13.2. The number of carbonyl (C=O) groups is 1. The second-order valence-electron chi connectivity index (χ2n) is 10.3. The summed E-state index contributed by atoms with van der Waals surface area (Å²) >= 11 is 0. The molecule has 0 bridgehead atoms. The van der Waals surface area contributed by atoms with Gasteiger partial charge in [0.15, 0.2) is 0 Å². The van der Waals surface area contributed by atoms with Crippen LogP contribution >= 0.6 is 0 Å². The van der Waals surface area contributed by atoms with Gasteiger partial charge >= 0.3 is 0 Å². The Morgan fingerprint density at radius 2 is 1.40 bits per heavy atom. The van der Waals surface area contributed by atoms with E-state index in [1.165, 1.54) is 34.5 Å². The lowest BCUT2D eigenvalue weighted by Gasteiger charge is -2.25. The Morgan fingerprint density at radius 1 is 0.700 bits per heavy atom. The number of phenolic OH excluding ortho intramolecular Hbond substituents is 2. The van der Waals surface area contributed by atoms with E-state index in [4.69, 9.17) is 0 Å². The van der Waals surface area contributed by atoms with E-state index in [1.807, 2.05) is 25.2 Å². The van der Waals surface area contributed by atoms with Gasteiger partial charge in [-0.25, -0.2) is 0 Å². The highest BCUT2D eigenvalue weighted by molar-refractivity contribution is 5.95. The molecule has 0 saturated carbocycles. The van der Waals surface area contributed by atoms with Crippen LogP contribution < -0.4 is 16.0 Å². The van der Waals surface area contributed by atoms with E-state index in [9.17, 15) is 15.0 Å². The number of nitrogens with one attached hydrogen (secondary N) is 3. The second-order valence-corrected chi connectivity index (χ2v) is 10.3. The Morgan fingerprint density at radius 3 is 2.17 bits per heavy atom. The number of hydrogen-bond acceptors (Lipinski definition) is 5. The van der Waals surface area contributed by atoms with Crippen LogP contribution in [-0.4, -0.2) is 48.3 Å². The van der Waals surface area contributed by atoms with Crippen molar-refractivity contribution < 1.29 is 15.0 Å². The van der Waals surface area contributed by atoms with Gasteiger partial charge in [0.2, 0.25) is 0 Å². The van der Waals surface area contributed by atoms with Gasteiger partial charge < -0.3 is 26.2 Å². The molecule has 0 aliphatic rings. The van der Waals surface area contributed by atoms with Crippen LogP contribution in [0.5, 0.6) is 11.5 Å². The van der Waals surface area contributed by atoms with Gasteiger partial charge in [-0.1, -0.05) is 84.9 Å². The maximum atomic E-state index is 13.2. The summed E-state index contributed by atoms with van der Waals surface area (Å²) in [6.07, 6.45) is 1.45. The van der Waals surface area contributed by atoms with Gasteiger partial charge in [-0.3, -0.25) is 4.79 Å². The molecule has 40 heavy (non-hydrogen) atoms. The molecule has 0 saturated heterocycles. The fourth-order valence-corrected chi connectivity index (χ4v) is 5.33. The Balaban J connectivity index is 1.36. The SMILES string of the molecule is CNC[C@@H](Cc1ccc2ccccc2c1)NC[C@@H](Cc1cccc2ccccc12)NC(=O)c1cc(O)cc(O)c1. The molecule has 6 heteroatoms. The second kappa shape index (κ2) is 12.6. The van der Waals surface area contributed by atoms with Crippen molar-refractivity contribution in [3.05, 3.63) is 120 Å². The summed E-state index contributed by atoms with van der Waals surface area (Å²) in [6, 6.07) is 33.3. The molecule has 5 N–H and O–H groups in total. The fourth-order valence-electron chi connectivity index (χ4n) is 5.33. The van der Waals surface area contributed by atoms with Gasteiger partial charge in [0.1, 0.15) is 11.5 Å². The number of aromatic hydroxyl groups is 2. The Labute approximate surface area is 234 Å². The molecule has 0 spiro atoms. The first-order valence-corrected chi connectivity index (χ1v) is 13.6. The van der Waals surface area contributed by atoms with Crippen LogP contribution in [-0.2, 0) is 12.8 Å². The van der Waals surface area contributed by atoms with Crippen molar-refractivity contribution in [1.82, 2.24) is 16.0 Å². The number of amides is 1. The van der Waals surface area contributed by atoms with Crippen molar-refractivity contribution in [3.8, 4) is 11.5 Å². The standard InChI is InChI=1S/C34H35N3O3/c1-35-21-29(16-23-13-14-24-7-2-3-9-26(24)15-23)36-22-30(37-34(40)28-18-31(38)20-32(39)19-28)17-27-11-6-10-25-8-4-5-12-33(25)27/h2-15,18-20,29-30,35-36,38-39H,16-17,21-22H2,1H3,(H,37,40)/t29-,30-/m1/s1. The molecule has 0 aliphatic heterocycles. The predicted octanol–water partition coefficient (Wildman–Crippen LogP) is 5.17. The molecule has 0 radical (unpaired) electrons. The van der Waals surface area contributed by atoms with Crippen molar-refractivity contribution >= 4 is 27.5 Å². The molecular weight excluding hydrogens is 498 g/mol. The smallest absolute Gasteiger partial charge is 0.251 e. The van der Waals surface area contributed by atoms with Crippen LogP contribution in [0.3, 0.4) is 0 Å². The van der Waals surface area contributed by atoms with E-state index in [-0.39, 0.29) is 35.1 Å². The maximum absolute atomic E-state index is 13.2. The van der Waals surface area contributed by atoms with E-state index in [0.29, 0.717) is 13.0 Å². The third kappa shape index (κ3) is 6.78. The number of phenols is 2. The Kier molecular flexibility index (Phi) is 8.59. The molecule has 0 heterocycles. The van der Waals surface area contributed by atoms with Gasteiger partial charge in [-0.05, 0) is 64.7 Å². The van der Waals surface area contributed by atoms with Crippen LogP contribution in [0.4, 0.5) is 0 Å². The molecule has 204 valence electrons. The van der Waals surface area contributed by atoms with Crippen LogP contribution in [0.15, 0.2) is 103 Å². The highest BCUT2D eigenvalue weighted by Gasteiger charge is 2.19. The van der Waals surface area contributed by atoms with Crippen molar-refractivity contribution in [2.75, 3.05) is 20.1 Å². The first-order valence-electron chi connectivity index (χ1n) is 13.6. The zero-order valence-corrected chi connectivity index (χ0v) is 22.6. The molecule has 0 unspecified atom stereocenters. The number of carbonyl (C=O) groups excluding carboxylic acids is 1. The minimum atomic E-state index is -0.349. The third-order valence-corrected chi connectivity index (χ3v) is 7.25. The summed E-state index contributed by atoms with van der Waals surface area (Å²) in [7, 11) is 1.94. The molecule has 0 aromatic heterocycles. The van der Waals surface area contributed by atoms with Crippen LogP contribution in [0.2, 0.25) is 0 Å². The van der Waals surface area contributed by atoms with Crippen molar-refractivity contribution in [2.45, 2.75) is 24.9 Å². The quantitative estimate of drug-likeness (QED) is 0.162. The van der Waals surface area contributed by atoms with E-state index in [2.05, 4.69) is 82.7 Å². The average Bonchev–Trinajstić information content (AvgIpc) is 2.95. The Hall–Kier alpha value is -4.39. The number of rotatable bonds is 11. The number of hydrogen-bond donors (Lipinski definition) is 5. The predicted molar refractivity (Wildman–Crippen MR) is 162 cm³/mol. The van der Waals surface area contributed by atoms with E-state index in [1.54, 1.807) is 0 Å². The number of benzene rings is 5.